The highest BCUT2D eigenvalue weighted by atomic mass is 19.1. The maximum atomic E-state index is 13.7. The van der Waals surface area contributed by atoms with E-state index >= 15 is 0 Å². The average Bonchev–Trinajstić information content (AvgIpc) is 3.01. The lowest BCUT2D eigenvalue weighted by atomic mass is 9.81. The summed E-state index contributed by atoms with van der Waals surface area (Å²) in [6.45, 7) is 0.740. The smallest absolute Gasteiger partial charge is 0.255 e. The summed E-state index contributed by atoms with van der Waals surface area (Å²) in [4.78, 5) is 14.5. The molecule has 1 fully saturated rings. The Hall–Kier alpha value is -2.16. The van der Waals surface area contributed by atoms with Gasteiger partial charge in [-0.2, -0.15) is 0 Å². The van der Waals surface area contributed by atoms with Crippen molar-refractivity contribution in [3.8, 4) is 0 Å². The fraction of sp³-hybridized carbons (Fsp3) is 0.235. The number of nitrogens with zero attached hydrogens (tertiary/aromatic N) is 1. The van der Waals surface area contributed by atoms with E-state index in [2.05, 4.69) is 0 Å². The molecule has 1 unspecified atom stereocenters. The molecule has 2 nitrogen and oxygen atoms in total. The van der Waals surface area contributed by atoms with E-state index in [1.54, 1.807) is 6.07 Å². The summed E-state index contributed by atoms with van der Waals surface area (Å²) < 4.78 is 13.7. The van der Waals surface area contributed by atoms with Crippen molar-refractivity contribution in [3.63, 3.8) is 0 Å². The molecule has 0 aromatic heterocycles. The molecule has 2 aromatic carbocycles. The van der Waals surface area contributed by atoms with E-state index in [1.807, 2.05) is 35.2 Å². The Morgan fingerprint density at radius 1 is 1.10 bits per heavy atom. The maximum Gasteiger partial charge on any atom is 0.255 e. The molecule has 0 bridgehead atoms. The second-order valence-corrected chi connectivity index (χ2v) is 5.48. The summed E-state index contributed by atoms with van der Waals surface area (Å²) in [6, 6.07) is 14.5. The van der Waals surface area contributed by atoms with Crippen LogP contribution in [-0.4, -0.2) is 17.4 Å². The van der Waals surface area contributed by atoms with E-state index in [9.17, 15) is 9.18 Å². The molecule has 2 aromatic rings. The summed E-state index contributed by atoms with van der Waals surface area (Å²) in [5, 5.41) is 0. The molecule has 0 spiro atoms. The highest BCUT2D eigenvalue weighted by Gasteiger charge is 2.53. The standard InChI is InChI=1S/C17H14FNO/c18-13-7-8-14-15(11-13)17(12-5-2-1-3-6-12)9-4-10-19(17)16(14)20/h1-3,5-8,11H,4,9-10H2. The third kappa shape index (κ3) is 1.30. The minimum absolute atomic E-state index is 0.0290. The first-order valence-electron chi connectivity index (χ1n) is 6.91. The molecule has 1 atom stereocenters. The number of amides is 1. The Labute approximate surface area is 116 Å². The van der Waals surface area contributed by atoms with Gasteiger partial charge >= 0.3 is 0 Å². The van der Waals surface area contributed by atoms with Gasteiger partial charge in [-0.15, -0.1) is 0 Å². The summed E-state index contributed by atoms with van der Waals surface area (Å²) in [6.07, 6.45) is 1.82. The normalized spacial score (nSPS) is 23.9. The van der Waals surface area contributed by atoms with Crippen LogP contribution in [0.25, 0.3) is 0 Å². The number of carbonyl (C=O) groups is 1. The number of benzene rings is 2. The van der Waals surface area contributed by atoms with Crippen LogP contribution in [0.15, 0.2) is 48.5 Å². The van der Waals surface area contributed by atoms with Gasteiger partial charge in [0.25, 0.3) is 5.91 Å². The van der Waals surface area contributed by atoms with Crippen molar-refractivity contribution >= 4 is 5.91 Å². The van der Waals surface area contributed by atoms with E-state index < -0.39 is 5.54 Å². The first-order valence-corrected chi connectivity index (χ1v) is 6.91. The van der Waals surface area contributed by atoms with Crippen molar-refractivity contribution in [3.05, 3.63) is 71.0 Å². The molecular formula is C17H14FNO. The third-order valence-electron chi connectivity index (χ3n) is 4.54. The molecule has 20 heavy (non-hydrogen) atoms. The predicted molar refractivity (Wildman–Crippen MR) is 73.9 cm³/mol. The fourth-order valence-electron chi connectivity index (χ4n) is 3.73. The van der Waals surface area contributed by atoms with Crippen LogP contribution in [0.5, 0.6) is 0 Å². The number of halogens is 1. The second-order valence-electron chi connectivity index (χ2n) is 5.48. The van der Waals surface area contributed by atoms with Gasteiger partial charge in [-0.1, -0.05) is 30.3 Å². The second kappa shape index (κ2) is 3.92. The van der Waals surface area contributed by atoms with Gasteiger partial charge in [0, 0.05) is 12.1 Å². The van der Waals surface area contributed by atoms with Crippen LogP contribution in [0.2, 0.25) is 0 Å². The number of hydrogen-bond acceptors (Lipinski definition) is 1. The zero-order valence-electron chi connectivity index (χ0n) is 11.0. The Bertz CT molecular complexity index is 697. The van der Waals surface area contributed by atoms with Gasteiger partial charge < -0.3 is 4.90 Å². The zero-order chi connectivity index (χ0) is 13.7. The average molecular weight is 267 g/mol. The van der Waals surface area contributed by atoms with Crippen molar-refractivity contribution < 1.29 is 9.18 Å². The highest BCUT2D eigenvalue weighted by Crippen LogP contribution is 2.50. The van der Waals surface area contributed by atoms with Gasteiger partial charge in [-0.05, 0) is 42.2 Å². The van der Waals surface area contributed by atoms with Crippen molar-refractivity contribution in [1.82, 2.24) is 4.90 Å². The minimum Gasteiger partial charge on any atom is -0.325 e. The van der Waals surface area contributed by atoms with Crippen LogP contribution in [0, 0.1) is 5.82 Å². The zero-order valence-corrected chi connectivity index (χ0v) is 11.0. The minimum atomic E-state index is -0.463. The molecule has 2 aliphatic rings. The van der Waals surface area contributed by atoms with E-state index in [4.69, 9.17) is 0 Å². The molecule has 0 N–H and O–H groups in total. The Balaban J connectivity index is 2.03. The molecule has 1 saturated heterocycles. The summed E-state index contributed by atoms with van der Waals surface area (Å²) in [7, 11) is 0. The largest absolute Gasteiger partial charge is 0.325 e. The monoisotopic (exact) mass is 267 g/mol. The van der Waals surface area contributed by atoms with Gasteiger partial charge in [0.2, 0.25) is 0 Å². The third-order valence-corrected chi connectivity index (χ3v) is 4.54. The molecule has 0 radical (unpaired) electrons. The molecule has 0 aliphatic carbocycles. The van der Waals surface area contributed by atoms with E-state index in [1.165, 1.54) is 12.1 Å². The summed E-state index contributed by atoms with van der Waals surface area (Å²) in [5.41, 5.74) is 2.09. The maximum absolute atomic E-state index is 13.7. The molecule has 2 aliphatic heterocycles. The van der Waals surface area contributed by atoms with Crippen molar-refractivity contribution in [2.24, 2.45) is 0 Å². The lowest BCUT2D eigenvalue weighted by molar-refractivity contribution is 0.0711. The lowest BCUT2D eigenvalue weighted by Gasteiger charge is -2.33. The van der Waals surface area contributed by atoms with E-state index in [-0.39, 0.29) is 11.7 Å². The Kier molecular flexibility index (Phi) is 2.28. The van der Waals surface area contributed by atoms with E-state index in [0.717, 1.165) is 30.5 Å². The predicted octanol–water partition coefficient (Wildman–Crippen LogP) is 3.32. The van der Waals surface area contributed by atoms with Crippen LogP contribution in [0.4, 0.5) is 4.39 Å². The van der Waals surface area contributed by atoms with Gasteiger partial charge in [-0.25, -0.2) is 4.39 Å². The van der Waals surface area contributed by atoms with Crippen LogP contribution >= 0.6 is 0 Å². The van der Waals surface area contributed by atoms with Crippen LogP contribution in [-0.2, 0) is 5.54 Å². The highest BCUT2D eigenvalue weighted by molar-refractivity contribution is 6.01. The molecule has 0 saturated carbocycles. The van der Waals surface area contributed by atoms with Crippen LogP contribution < -0.4 is 0 Å². The number of fused-ring (bicyclic) bond motifs is 3. The van der Waals surface area contributed by atoms with Gasteiger partial charge in [-0.3, -0.25) is 4.79 Å². The van der Waals surface area contributed by atoms with Gasteiger partial charge in [0.15, 0.2) is 0 Å². The van der Waals surface area contributed by atoms with Gasteiger partial charge in [0.05, 0.1) is 5.54 Å². The summed E-state index contributed by atoms with van der Waals surface area (Å²) >= 11 is 0. The summed E-state index contributed by atoms with van der Waals surface area (Å²) in [5.74, 6) is -0.248. The number of rotatable bonds is 1. The molecule has 3 heteroatoms. The lowest BCUT2D eigenvalue weighted by Crippen LogP contribution is -2.39. The van der Waals surface area contributed by atoms with Crippen molar-refractivity contribution in [2.45, 2.75) is 18.4 Å². The first kappa shape index (κ1) is 11.6. The fourth-order valence-corrected chi connectivity index (χ4v) is 3.73. The Morgan fingerprint density at radius 2 is 1.90 bits per heavy atom. The first-order chi connectivity index (χ1) is 9.73. The van der Waals surface area contributed by atoms with Gasteiger partial charge in [0.1, 0.15) is 5.82 Å². The Morgan fingerprint density at radius 3 is 2.70 bits per heavy atom. The molecular weight excluding hydrogens is 253 g/mol. The van der Waals surface area contributed by atoms with Crippen LogP contribution in [0.3, 0.4) is 0 Å². The van der Waals surface area contributed by atoms with Crippen molar-refractivity contribution in [2.75, 3.05) is 6.54 Å². The quantitative estimate of drug-likeness (QED) is 0.776. The molecule has 100 valence electrons. The molecule has 1 amide bonds. The molecule has 4 rings (SSSR count). The number of hydrogen-bond donors (Lipinski definition) is 0. The SMILES string of the molecule is O=C1c2ccc(F)cc2C2(c3ccccc3)CCCN12. The van der Waals surface area contributed by atoms with Crippen LogP contribution in [0.1, 0.15) is 34.3 Å². The van der Waals surface area contributed by atoms with E-state index in [0.29, 0.717) is 5.56 Å². The topological polar surface area (TPSA) is 20.3 Å². The molecule has 2 heterocycles. The van der Waals surface area contributed by atoms with Crippen molar-refractivity contribution in [1.29, 1.82) is 0 Å². The number of carbonyl (C=O) groups excluding carboxylic acids is 1.